The first-order valence-corrected chi connectivity index (χ1v) is 11.9. The number of carbonyl (C=O) groups excluding carboxylic acids is 4. The predicted molar refractivity (Wildman–Crippen MR) is 134 cm³/mol. The highest BCUT2D eigenvalue weighted by Crippen LogP contribution is 2.51. The largest absolute Gasteiger partial charge is 0.497 e. The van der Waals surface area contributed by atoms with Crippen molar-refractivity contribution in [2.75, 3.05) is 16.9 Å². The maximum atomic E-state index is 13.9. The van der Waals surface area contributed by atoms with Crippen LogP contribution in [0.4, 0.5) is 11.4 Å². The Morgan fingerprint density at radius 2 is 1.56 bits per heavy atom. The number of hydrogen-bond donors (Lipinski definition) is 0. The molecule has 3 aliphatic rings. The minimum Gasteiger partial charge on any atom is -0.497 e. The van der Waals surface area contributed by atoms with E-state index in [9.17, 15) is 19.2 Å². The van der Waals surface area contributed by atoms with Gasteiger partial charge in [-0.05, 0) is 42.5 Å². The molecule has 0 N–H and O–H groups in total. The average Bonchev–Trinajstić information content (AvgIpc) is 3.30. The molecule has 2 fully saturated rings. The molecule has 5 rings (SSSR count). The lowest BCUT2D eigenvalue weighted by molar-refractivity contribution is -0.132. The molecule has 2 aromatic carbocycles. The Bertz CT molecular complexity index is 1310. The predicted octanol–water partition coefficient (Wildman–Crippen LogP) is 3.63. The molecule has 2 saturated heterocycles. The van der Waals surface area contributed by atoms with Gasteiger partial charge in [0.25, 0.3) is 0 Å². The fourth-order valence-corrected chi connectivity index (χ4v) is 5.51. The summed E-state index contributed by atoms with van der Waals surface area (Å²) in [6.45, 7) is 6.80. The summed E-state index contributed by atoms with van der Waals surface area (Å²) < 4.78 is 10.4. The van der Waals surface area contributed by atoms with E-state index in [1.807, 2.05) is 56.0 Å². The number of esters is 1. The Labute approximate surface area is 209 Å². The molecule has 186 valence electrons. The zero-order chi connectivity index (χ0) is 25.9. The van der Waals surface area contributed by atoms with E-state index in [1.54, 1.807) is 31.4 Å². The molecule has 0 aliphatic carbocycles. The first kappa shape index (κ1) is 23.8. The monoisotopic (exact) mass is 488 g/mol. The Hall–Kier alpha value is -3.94. The van der Waals surface area contributed by atoms with Gasteiger partial charge in [-0.3, -0.25) is 19.2 Å². The molecule has 3 aliphatic heterocycles. The zero-order valence-corrected chi connectivity index (χ0v) is 20.8. The fraction of sp³-hybridized carbons (Fsp3) is 0.357. The Morgan fingerprint density at radius 3 is 2.17 bits per heavy atom. The van der Waals surface area contributed by atoms with Crippen LogP contribution in [0.5, 0.6) is 11.5 Å². The van der Waals surface area contributed by atoms with Gasteiger partial charge in [0.2, 0.25) is 11.8 Å². The lowest BCUT2D eigenvalue weighted by atomic mass is 9.79. The van der Waals surface area contributed by atoms with Crippen molar-refractivity contribution in [2.24, 2.45) is 17.3 Å². The molecule has 8 nitrogen and oxygen atoms in total. The first-order valence-electron chi connectivity index (χ1n) is 11.9. The summed E-state index contributed by atoms with van der Waals surface area (Å²) >= 11 is 0. The number of nitrogens with zero attached hydrogens (tertiary/aromatic N) is 2. The van der Waals surface area contributed by atoms with Gasteiger partial charge in [0.1, 0.15) is 17.5 Å². The van der Waals surface area contributed by atoms with E-state index in [1.165, 1.54) is 11.8 Å². The van der Waals surface area contributed by atoms with Crippen molar-refractivity contribution in [3.63, 3.8) is 0 Å². The number of hydrogen-bond acceptors (Lipinski definition) is 7. The highest BCUT2D eigenvalue weighted by atomic mass is 16.5. The van der Waals surface area contributed by atoms with Crippen LogP contribution in [0.25, 0.3) is 6.08 Å². The van der Waals surface area contributed by atoms with Crippen molar-refractivity contribution in [1.82, 2.24) is 0 Å². The molecule has 0 radical (unpaired) electrons. The zero-order valence-electron chi connectivity index (χ0n) is 20.8. The maximum Gasteiger partial charge on any atom is 0.308 e. The summed E-state index contributed by atoms with van der Waals surface area (Å²) in [7, 11) is 1.59. The van der Waals surface area contributed by atoms with Crippen molar-refractivity contribution in [1.29, 1.82) is 0 Å². The van der Waals surface area contributed by atoms with Gasteiger partial charge in [0.05, 0.1) is 30.7 Å². The number of ketones is 1. The highest BCUT2D eigenvalue weighted by molar-refractivity contribution is 6.25. The van der Waals surface area contributed by atoms with E-state index < -0.39 is 41.2 Å². The van der Waals surface area contributed by atoms with Crippen LogP contribution in [0, 0.1) is 17.3 Å². The van der Waals surface area contributed by atoms with Crippen molar-refractivity contribution in [3.05, 3.63) is 54.1 Å². The van der Waals surface area contributed by atoms with Crippen LogP contribution >= 0.6 is 0 Å². The number of fused-ring (bicyclic) bond motifs is 5. The second-order valence-electron chi connectivity index (χ2n) is 10.4. The average molecular weight is 489 g/mol. The normalized spacial score (nSPS) is 24.4. The second kappa shape index (κ2) is 8.33. The van der Waals surface area contributed by atoms with Gasteiger partial charge in [-0.2, -0.15) is 0 Å². The number of imide groups is 1. The number of carbonyl (C=O) groups is 4. The summed E-state index contributed by atoms with van der Waals surface area (Å²) in [6.07, 6.45) is 3.84. The molecule has 8 heteroatoms. The summed E-state index contributed by atoms with van der Waals surface area (Å²) in [6, 6.07) is 10.6. The van der Waals surface area contributed by atoms with Crippen molar-refractivity contribution >= 4 is 41.0 Å². The highest BCUT2D eigenvalue weighted by Gasteiger charge is 2.65. The van der Waals surface area contributed by atoms with Crippen LogP contribution in [-0.2, 0) is 19.2 Å². The van der Waals surface area contributed by atoms with E-state index in [0.29, 0.717) is 17.2 Å². The summed E-state index contributed by atoms with van der Waals surface area (Å²) in [5.74, 6) is -1.81. The molecule has 4 atom stereocenters. The van der Waals surface area contributed by atoms with E-state index in [4.69, 9.17) is 9.47 Å². The maximum absolute atomic E-state index is 13.9. The van der Waals surface area contributed by atoms with Gasteiger partial charge in [-0.1, -0.05) is 32.9 Å². The molecule has 2 aromatic rings. The van der Waals surface area contributed by atoms with Gasteiger partial charge in [0.15, 0.2) is 5.78 Å². The Morgan fingerprint density at radius 1 is 0.917 bits per heavy atom. The number of rotatable bonds is 4. The van der Waals surface area contributed by atoms with Crippen LogP contribution in [0.1, 0.15) is 33.3 Å². The van der Waals surface area contributed by atoms with Crippen molar-refractivity contribution < 1.29 is 28.7 Å². The SMILES string of the molecule is COc1ccc2c(c1)C=C[C@H]1[C@@H]3C(=O)N(c4ccc(OC(C)=O)cc4)C(=O)[C@@H]3[C@H](C(=O)C(C)(C)C)N21. The third-order valence-corrected chi connectivity index (χ3v) is 7.08. The van der Waals surface area contributed by atoms with Gasteiger partial charge in [0, 0.05) is 23.6 Å². The molecule has 0 spiro atoms. The van der Waals surface area contributed by atoms with Crippen LogP contribution in [0.15, 0.2) is 48.5 Å². The smallest absolute Gasteiger partial charge is 0.308 e. The number of amides is 2. The molecule has 2 amide bonds. The molecular formula is C28H28N2O6. The van der Waals surface area contributed by atoms with Gasteiger partial charge >= 0.3 is 5.97 Å². The lowest BCUT2D eigenvalue weighted by Crippen LogP contribution is -2.51. The minimum absolute atomic E-state index is 0.0923. The van der Waals surface area contributed by atoms with E-state index >= 15 is 0 Å². The van der Waals surface area contributed by atoms with Gasteiger partial charge in [-0.25, -0.2) is 4.90 Å². The summed E-state index contributed by atoms with van der Waals surface area (Å²) in [5, 5.41) is 0. The third-order valence-electron chi connectivity index (χ3n) is 7.08. The van der Waals surface area contributed by atoms with E-state index in [-0.39, 0.29) is 11.7 Å². The number of ether oxygens (including phenoxy) is 2. The molecule has 0 bridgehead atoms. The first-order chi connectivity index (χ1) is 17.0. The van der Waals surface area contributed by atoms with E-state index in [2.05, 4.69) is 0 Å². The topological polar surface area (TPSA) is 93.2 Å². The Kier molecular flexibility index (Phi) is 5.50. The van der Waals surface area contributed by atoms with Crippen LogP contribution in [0.2, 0.25) is 0 Å². The standard InChI is InChI=1S/C28H28N2O6/c1-15(31)36-18-9-7-17(8-10-18)29-26(33)22-21-12-6-16-14-19(35-5)11-13-20(16)30(21)24(23(22)27(29)34)25(32)28(2,3)4/h6-14,21-24H,1-5H3/t21-,22-,23-,24+/m0/s1. The van der Waals surface area contributed by atoms with E-state index in [0.717, 1.165) is 11.3 Å². The number of anilines is 2. The second-order valence-corrected chi connectivity index (χ2v) is 10.4. The van der Waals surface area contributed by atoms with Crippen LogP contribution < -0.4 is 19.3 Å². The molecule has 0 saturated carbocycles. The lowest BCUT2D eigenvalue weighted by Gasteiger charge is -2.38. The van der Waals surface area contributed by atoms with Crippen molar-refractivity contribution in [3.8, 4) is 11.5 Å². The third kappa shape index (κ3) is 3.59. The molecule has 3 heterocycles. The quantitative estimate of drug-likeness (QED) is 0.369. The molecule has 36 heavy (non-hydrogen) atoms. The molecular weight excluding hydrogens is 460 g/mol. The van der Waals surface area contributed by atoms with Crippen molar-refractivity contribution in [2.45, 2.75) is 39.8 Å². The fourth-order valence-electron chi connectivity index (χ4n) is 5.51. The van der Waals surface area contributed by atoms with Gasteiger partial charge in [-0.15, -0.1) is 0 Å². The molecule has 0 aromatic heterocycles. The van der Waals surface area contributed by atoms with Crippen LogP contribution in [0.3, 0.4) is 0 Å². The van der Waals surface area contributed by atoms with Crippen LogP contribution in [-0.4, -0.2) is 42.8 Å². The summed E-state index contributed by atoms with van der Waals surface area (Å²) in [5.41, 5.74) is 1.34. The minimum atomic E-state index is -0.819. The van der Waals surface area contributed by atoms with Gasteiger partial charge < -0.3 is 14.4 Å². The number of methoxy groups -OCH3 is 1. The molecule has 0 unspecified atom stereocenters. The Balaban J connectivity index is 1.58. The number of Topliss-reactive ketones (excluding diaryl/α,β-unsaturated/α-hetero) is 1. The number of benzene rings is 2. The summed E-state index contributed by atoms with van der Waals surface area (Å²) in [4.78, 5) is 55.8.